The van der Waals surface area contributed by atoms with Gasteiger partial charge in [-0.3, -0.25) is 4.98 Å². The third-order valence-electron chi connectivity index (χ3n) is 2.08. The molecule has 6 heteroatoms. The van der Waals surface area contributed by atoms with Crippen LogP contribution in [0.5, 0.6) is 0 Å². The third-order valence-corrected chi connectivity index (χ3v) is 2.38. The number of rotatable bonds is 4. The van der Waals surface area contributed by atoms with Gasteiger partial charge in [0.05, 0.1) is 10.6 Å². The number of nitrogens with zero attached hydrogens (tertiary/aromatic N) is 3. The van der Waals surface area contributed by atoms with Gasteiger partial charge in [-0.25, -0.2) is 0 Å². The van der Waals surface area contributed by atoms with Gasteiger partial charge in [-0.05, 0) is 19.0 Å². The molecule has 5 nitrogen and oxygen atoms in total. The van der Waals surface area contributed by atoms with E-state index < -0.39 is 0 Å². The Morgan fingerprint density at radius 3 is 3.06 bits per heavy atom. The highest BCUT2D eigenvalue weighted by Gasteiger charge is 2.11. The molecule has 2 rings (SSSR count). The predicted molar refractivity (Wildman–Crippen MR) is 59.9 cm³/mol. The van der Waals surface area contributed by atoms with Gasteiger partial charge in [-0.1, -0.05) is 16.8 Å². The summed E-state index contributed by atoms with van der Waals surface area (Å²) in [7, 11) is 0. The zero-order valence-electron chi connectivity index (χ0n) is 8.56. The van der Waals surface area contributed by atoms with E-state index in [1.807, 2.05) is 0 Å². The zero-order valence-corrected chi connectivity index (χ0v) is 9.31. The zero-order chi connectivity index (χ0) is 11.4. The Morgan fingerprint density at radius 1 is 1.44 bits per heavy atom. The van der Waals surface area contributed by atoms with E-state index in [1.54, 1.807) is 18.5 Å². The van der Waals surface area contributed by atoms with Crippen LogP contribution in [0.4, 0.5) is 0 Å². The summed E-state index contributed by atoms with van der Waals surface area (Å²) in [5, 5.41) is 4.35. The normalized spacial score (nSPS) is 10.6. The quantitative estimate of drug-likeness (QED) is 0.877. The fourth-order valence-electron chi connectivity index (χ4n) is 1.27. The van der Waals surface area contributed by atoms with E-state index in [-0.39, 0.29) is 0 Å². The Bertz CT molecular complexity index is 471. The molecular formula is C10H11ClN4O. The van der Waals surface area contributed by atoms with Gasteiger partial charge in [0.1, 0.15) is 0 Å². The number of hydrogen-bond acceptors (Lipinski definition) is 5. The van der Waals surface area contributed by atoms with Crippen LogP contribution < -0.4 is 5.73 Å². The SMILES string of the molecule is NCCCc1noc(-c2ccncc2Cl)n1. The highest BCUT2D eigenvalue weighted by atomic mass is 35.5. The van der Waals surface area contributed by atoms with Crippen molar-refractivity contribution in [3.05, 3.63) is 29.3 Å². The number of halogens is 1. The topological polar surface area (TPSA) is 77.8 Å². The van der Waals surface area contributed by atoms with Gasteiger partial charge in [-0.15, -0.1) is 0 Å². The minimum absolute atomic E-state index is 0.416. The lowest BCUT2D eigenvalue weighted by Gasteiger charge is -1.95. The van der Waals surface area contributed by atoms with Crippen LogP contribution in [0.3, 0.4) is 0 Å². The van der Waals surface area contributed by atoms with Crippen LogP contribution in [0, 0.1) is 0 Å². The van der Waals surface area contributed by atoms with E-state index >= 15 is 0 Å². The maximum atomic E-state index is 5.96. The molecule has 0 aliphatic rings. The van der Waals surface area contributed by atoms with Crippen LogP contribution in [0.1, 0.15) is 12.2 Å². The molecule has 0 atom stereocenters. The first kappa shape index (κ1) is 11.0. The van der Waals surface area contributed by atoms with Gasteiger partial charge in [-0.2, -0.15) is 4.98 Å². The number of aryl methyl sites for hydroxylation is 1. The van der Waals surface area contributed by atoms with E-state index in [0.717, 1.165) is 6.42 Å². The maximum Gasteiger partial charge on any atom is 0.259 e. The van der Waals surface area contributed by atoms with Gasteiger partial charge >= 0.3 is 0 Å². The average molecular weight is 239 g/mol. The molecule has 84 valence electrons. The van der Waals surface area contributed by atoms with Gasteiger partial charge in [0, 0.05) is 18.8 Å². The van der Waals surface area contributed by atoms with Crippen molar-refractivity contribution in [1.29, 1.82) is 0 Å². The van der Waals surface area contributed by atoms with E-state index in [4.69, 9.17) is 21.9 Å². The summed E-state index contributed by atoms with van der Waals surface area (Å²) in [6.45, 7) is 0.611. The smallest absolute Gasteiger partial charge is 0.259 e. The molecule has 0 bridgehead atoms. The van der Waals surface area contributed by atoms with Crippen molar-refractivity contribution in [2.24, 2.45) is 5.73 Å². The van der Waals surface area contributed by atoms with E-state index in [9.17, 15) is 0 Å². The van der Waals surface area contributed by atoms with Crippen molar-refractivity contribution in [2.75, 3.05) is 6.54 Å². The highest BCUT2D eigenvalue weighted by Crippen LogP contribution is 2.24. The molecule has 0 radical (unpaired) electrons. The summed E-state index contributed by atoms with van der Waals surface area (Å²) in [5.41, 5.74) is 6.10. The lowest BCUT2D eigenvalue weighted by molar-refractivity contribution is 0.422. The molecule has 2 aromatic rings. The van der Waals surface area contributed by atoms with Gasteiger partial charge in [0.25, 0.3) is 5.89 Å². The molecule has 0 unspecified atom stereocenters. The van der Waals surface area contributed by atoms with Crippen LogP contribution in [0.15, 0.2) is 23.0 Å². The van der Waals surface area contributed by atoms with E-state index in [2.05, 4.69) is 15.1 Å². The second kappa shape index (κ2) is 5.05. The molecule has 0 fully saturated rings. The summed E-state index contributed by atoms with van der Waals surface area (Å²) in [6.07, 6.45) is 4.72. The van der Waals surface area contributed by atoms with Crippen LogP contribution >= 0.6 is 11.6 Å². The fraction of sp³-hybridized carbons (Fsp3) is 0.300. The minimum atomic E-state index is 0.416. The second-order valence-corrected chi connectivity index (χ2v) is 3.67. The lowest BCUT2D eigenvalue weighted by Crippen LogP contribution is -2.01. The number of aromatic nitrogens is 3. The van der Waals surface area contributed by atoms with Gasteiger partial charge < -0.3 is 10.3 Å². The average Bonchev–Trinajstić information content (AvgIpc) is 2.75. The molecule has 2 heterocycles. The van der Waals surface area contributed by atoms with E-state index in [1.165, 1.54) is 0 Å². The Kier molecular flexibility index (Phi) is 3.48. The molecule has 0 saturated carbocycles. The first-order valence-corrected chi connectivity index (χ1v) is 5.31. The summed E-state index contributed by atoms with van der Waals surface area (Å²) < 4.78 is 5.11. The van der Waals surface area contributed by atoms with Crippen molar-refractivity contribution >= 4 is 11.6 Å². The molecule has 0 amide bonds. The van der Waals surface area contributed by atoms with Gasteiger partial charge in [0.15, 0.2) is 5.82 Å². The summed E-state index contributed by atoms with van der Waals surface area (Å²) >= 11 is 5.96. The number of hydrogen-bond donors (Lipinski definition) is 1. The molecule has 0 saturated heterocycles. The molecule has 0 aromatic carbocycles. The molecule has 2 N–H and O–H groups in total. The van der Waals surface area contributed by atoms with E-state index in [0.29, 0.717) is 35.3 Å². The fourth-order valence-corrected chi connectivity index (χ4v) is 1.47. The van der Waals surface area contributed by atoms with Crippen LogP contribution in [0.25, 0.3) is 11.5 Å². The van der Waals surface area contributed by atoms with Crippen molar-refractivity contribution in [2.45, 2.75) is 12.8 Å². The number of pyridine rings is 1. The molecule has 16 heavy (non-hydrogen) atoms. The number of nitrogens with two attached hydrogens (primary N) is 1. The molecule has 0 aliphatic carbocycles. The Hall–Kier alpha value is -1.46. The van der Waals surface area contributed by atoms with Crippen LogP contribution in [0.2, 0.25) is 5.02 Å². The predicted octanol–water partition coefficient (Wildman–Crippen LogP) is 1.68. The van der Waals surface area contributed by atoms with Crippen molar-refractivity contribution < 1.29 is 4.52 Å². The first-order chi connectivity index (χ1) is 7.81. The molecule has 2 aromatic heterocycles. The first-order valence-electron chi connectivity index (χ1n) is 4.94. The van der Waals surface area contributed by atoms with Crippen molar-refractivity contribution in [1.82, 2.24) is 15.1 Å². The largest absolute Gasteiger partial charge is 0.334 e. The molecule has 0 aliphatic heterocycles. The summed E-state index contributed by atoms with van der Waals surface area (Å²) in [6, 6.07) is 1.74. The summed E-state index contributed by atoms with van der Waals surface area (Å²) in [4.78, 5) is 8.12. The summed E-state index contributed by atoms with van der Waals surface area (Å²) in [5.74, 6) is 1.06. The Balaban J connectivity index is 2.22. The maximum absolute atomic E-state index is 5.96. The van der Waals surface area contributed by atoms with Crippen molar-refractivity contribution in [3.63, 3.8) is 0 Å². The lowest BCUT2D eigenvalue weighted by atomic mass is 10.2. The molecular weight excluding hydrogens is 228 g/mol. The standard InChI is InChI=1S/C10H11ClN4O/c11-8-6-13-5-3-7(8)10-14-9(15-16-10)2-1-4-12/h3,5-6H,1-2,4,12H2. The van der Waals surface area contributed by atoms with Crippen molar-refractivity contribution in [3.8, 4) is 11.5 Å². The minimum Gasteiger partial charge on any atom is -0.334 e. The van der Waals surface area contributed by atoms with Crippen LogP contribution in [-0.4, -0.2) is 21.7 Å². The Morgan fingerprint density at radius 2 is 2.31 bits per heavy atom. The van der Waals surface area contributed by atoms with Gasteiger partial charge in [0.2, 0.25) is 0 Å². The highest BCUT2D eigenvalue weighted by molar-refractivity contribution is 6.32. The Labute approximate surface area is 97.6 Å². The third kappa shape index (κ3) is 2.37. The van der Waals surface area contributed by atoms with Crippen LogP contribution in [-0.2, 0) is 6.42 Å². The second-order valence-electron chi connectivity index (χ2n) is 3.26. The monoisotopic (exact) mass is 238 g/mol. The molecule has 0 spiro atoms.